The molecule has 21 aromatic carbocycles. The lowest BCUT2D eigenvalue weighted by Gasteiger charge is -2.12. The summed E-state index contributed by atoms with van der Waals surface area (Å²) in [5, 5.41) is 34.9. The fourth-order valence-electron chi connectivity index (χ4n) is 21.7. The van der Waals surface area contributed by atoms with Crippen LogP contribution in [0.3, 0.4) is 0 Å². The Morgan fingerprint density at radius 3 is 0.562 bits per heavy atom. The standard InChI is InChI=1S/C72H46N4O2S.C36H22Br2N2O2S.C18H14BNO2/c77-79(78,55-35-31-53(32-36-55)75-67-25-13-9-21-59(67)63-45-49(29-41-71(63)75)47-27-39-69-61(43-47)57-19-7-11-23-65(57)73(69)51-15-3-1-4-16-51)56-37-33-54(34-38-56)76-68-26-14-10-22-60(68)64-46-50(30-42-72(64)76)48-28-40-70-62(44-48)58-20-8-12-24-66(58)74(70)52-17-5-2-6-18-52;37-23-9-19-35-31(21-23)29-5-1-3-7-33(29)39(35)25-11-15-27(16-12-25)43(41,42)28-17-13-26(14-18-28)40-34-8-4-2-6-30(34)32-22-24(38)10-20-36(32)40;21-19(22)13-10-11-18-16(12-13)15-8-4-5-9-17(15)20(18)14-6-2-1-3-7-14/h1-46H;1-22H;1-12,21-22H. The normalized spacial score (nSPS) is 12.0. The Balaban J connectivity index is 0.000000134. The molecule has 0 saturated carbocycles. The van der Waals surface area contributed by atoms with Gasteiger partial charge in [0.05, 0.1) is 96.8 Å². The van der Waals surface area contributed by atoms with Crippen LogP contribution in [0.25, 0.3) is 215 Å². The molecule has 0 aliphatic carbocycles. The van der Waals surface area contributed by atoms with Crippen LogP contribution in [0.2, 0.25) is 0 Å². The van der Waals surface area contributed by atoms with Crippen molar-refractivity contribution in [1.82, 2.24) is 32.0 Å². The topological polar surface area (TPSA) is 143 Å². The number of para-hydroxylation sites is 10. The van der Waals surface area contributed by atoms with Crippen LogP contribution in [0.4, 0.5) is 0 Å². The van der Waals surface area contributed by atoms with Crippen LogP contribution < -0.4 is 5.46 Å². The molecule has 13 nitrogen and oxygen atoms in total. The Hall–Kier alpha value is -16.9. The molecule has 0 saturated heterocycles. The molecule has 0 aliphatic heterocycles. The number of fused-ring (bicyclic) bond motifs is 21. The summed E-state index contributed by atoms with van der Waals surface area (Å²) in [6, 6.07) is 164. The first kappa shape index (κ1) is 87.3. The van der Waals surface area contributed by atoms with Gasteiger partial charge in [-0.3, -0.25) is 0 Å². The summed E-state index contributed by atoms with van der Waals surface area (Å²) in [6.07, 6.45) is 0. The molecule has 18 heteroatoms. The number of sulfone groups is 2. The van der Waals surface area contributed by atoms with Crippen LogP contribution in [0.5, 0.6) is 0 Å². The van der Waals surface area contributed by atoms with E-state index < -0.39 is 26.8 Å². The van der Waals surface area contributed by atoms with Crippen LogP contribution in [-0.4, -0.2) is 66.0 Å². The zero-order valence-electron chi connectivity index (χ0n) is 77.0. The second kappa shape index (κ2) is 35.1. The molecular formula is C126H82BBr2N7O6S2. The van der Waals surface area contributed by atoms with E-state index in [1.165, 1.54) is 43.6 Å². The lowest BCUT2D eigenvalue weighted by molar-refractivity contribution is 0.426. The minimum Gasteiger partial charge on any atom is -0.423 e. The van der Waals surface area contributed by atoms with Crippen molar-refractivity contribution in [2.45, 2.75) is 19.6 Å². The van der Waals surface area contributed by atoms with Crippen molar-refractivity contribution in [3.8, 4) is 62.1 Å². The van der Waals surface area contributed by atoms with Crippen LogP contribution in [0.15, 0.2) is 514 Å². The third kappa shape index (κ3) is 14.6. The number of rotatable bonds is 14. The maximum atomic E-state index is 14.5. The number of aromatic nitrogens is 7. The number of hydrogen-bond donors (Lipinski definition) is 2. The Morgan fingerprint density at radius 1 is 0.167 bits per heavy atom. The van der Waals surface area contributed by atoms with E-state index >= 15 is 0 Å². The fraction of sp³-hybridized carbons (Fsp3) is 0. The van der Waals surface area contributed by atoms with E-state index in [4.69, 9.17) is 0 Å². The zero-order valence-corrected chi connectivity index (χ0v) is 81.8. The molecule has 0 aliphatic rings. The Labute approximate surface area is 844 Å². The van der Waals surface area contributed by atoms with E-state index in [-0.39, 0.29) is 19.6 Å². The second-order valence-electron chi connectivity index (χ2n) is 36.4. The van der Waals surface area contributed by atoms with Gasteiger partial charge in [-0.1, -0.05) is 250 Å². The Bertz CT molecular complexity index is 9820. The quantitative estimate of drug-likeness (QED) is 0.104. The monoisotopic (exact) mass is 2020 g/mol. The van der Waals surface area contributed by atoms with Gasteiger partial charge >= 0.3 is 7.12 Å². The summed E-state index contributed by atoms with van der Waals surface area (Å²) >= 11 is 7.19. The van der Waals surface area contributed by atoms with Gasteiger partial charge in [0.25, 0.3) is 0 Å². The predicted octanol–water partition coefficient (Wildman–Crippen LogP) is 30.9. The molecule has 0 bridgehead atoms. The van der Waals surface area contributed by atoms with Crippen molar-refractivity contribution < 1.29 is 26.9 Å². The van der Waals surface area contributed by atoms with Gasteiger partial charge in [-0.05, 0) is 295 Å². The van der Waals surface area contributed by atoms with Crippen molar-refractivity contribution in [3.05, 3.63) is 494 Å². The third-order valence-electron chi connectivity index (χ3n) is 28.3. The minimum absolute atomic E-state index is 0.239. The fourth-order valence-corrected chi connectivity index (χ4v) is 24.9. The first-order valence-corrected chi connectivity index (χ1v) is 52.1. The molecule has 0 unspecified atom stereocenters. The maximum Gasteiger partial charge on any atom is 0.488 e. The molecule has 0 amide bonds. The number of halogens is 2. The summed E-state index contributed by atoms with van der Waals surface area (Å²) in [5.74, 6) is 0. The van der Waals surface area contributed by atoms with E-state index in [0.29, 0.717) is 5.46 Å². The Morgan fingerprint density at radius 2 is 0.340 bits per heavy atom. The van der Waals surface area contributed by atoms with Gasteiger partial charge in [0, 0.05) is 124 Å². The van der Waals surface area contributed by atoms with Gasteiger partial charge in [-0.2, -0.15) is 0 Å². The molecule has 144 heavy (non-hydrogen) atoms. The highest BCUT2D eigenvalue weighted by Gasteiger charge is 2.27. The van der Waals surface area contributed by atoms with E-state index in [1.807, 2.05) is 127 Å². The predicted molar refractivity (Wildman–Crippen MR) is 600 cm³/mol. The summed E-state index contributed by atoms with van der Waals surface area (Å²) < 4.78 is 74.1. The van der Waals surface area contributed by atoms with Gasteiger partial charge in [0.15, 0.2) is 0 Å². The molecule has 0 atom stereocenters. The third-order valence-corrected chi connectivity index (χ3v) is 32.8. The molecule has 28 rings (SSSR count). The van der Waals surface area contributed by atoms with Crippen molar-refractivity contribution in [1.29, 1.82) is 0 Å². The molecule has 0 fully saturated rings. The van der Waals surface area contributed by atoms with Crippen LogP contribution >= 0.6 is 31.9 Å². The molecule has 0 radical (unpaired) electrons. The van der Waals surface area contributed by atoms with Gasteiger partial charge in [-0.25, -0.2) is 16.8 Å². The van der Waals surface area contributed by atoms with Crippen molar-refractivity contribution >= 4 is 217 Å². The highest BCUT2D eigenvalue weighted by atomic mass is 79.9. The smallest absolute Gasteiger partial charge is 0.423 e. The number of nitrogens with zero attached hydrogens (tertiary/aromatic N) is 7. The van der Waals surface area contributed by atoms with E-state index in [1.54, 1.807) is 54.6 Å². The van der Waals surface area contributed by atoms with Gasteiger partial charge in [0.2, 0.25) is 19.7 Å². The van der Waals surface area contributed by atoms with Crippen molar-refractivity contribution in [2.75, 3.05) is 0 Å². The van der Waals surface area contributed by atoms with Gasteiger partial charge in [-0.15, -0.1) is 0 Å². The van der Waals surface area contributed by atoms with Gasteiger partial charge in [0.1, 0.15) is 0 Å². The largest absolute Gasteiger partial charge is 0.488 e. The molecule has 7 heterocycles. The van der Waals surface area contributed by atoms with Crippen LogP contribution in [-0.2, 0) is 19.7 Å². The van der Waals surface area contributed by atoms with E-state index in [2.05, 4.69) is 367 Å². The van der Waals surface area contributed by atoms with Gasteiger partial charge < -0.3 is 42.0 Å². The lowest BCUT2D eigenvalue weighted by Crippen LogP contribution is -2.29. The van der Waals surface area contributed by atoms with Crippen LogP contribution in [0.1, 0.15) is 0 Å². The molecule has 0 spiro atoms. The highest BCUT2D eigenvalue weighted by molar-refractivity contribution is 9.10. The molecule has 2 N–H and O–H groups in total. The molecule has 7 aromatic heterocycles. The molecule has 686 valence electrons. The van der Waals surface area contributed by atoms with Crippen LogP contribution in [0, 0.1) is 0 Å². The maximum absolute atomic E-state index is 14.5. The highest BCUT2D eigenvalue weighted by Crippen LogP contribution is 2.45. The van der Waals surface area contributed by atoms with Crippen molar-refractivity contribution in [2.24, 2.45) is 0 Å². The molecule has 28 aromatic rings. The first-order chi connectivity index (χ1) is 70.6. The first-order valence-electron chi connectivity index (χ1n) is 47.6. The second-order valence-corrected chi connectivity index (χ2v) is 42.1. The summed E-state index contributed by atoms with van der Waals surface area (Å²) in [6.45, 7) is 0. The number of benzene rings is 21. The lowest BCUT2D eigenvalue weighted by atomic mass is 9.80. The molecular weight excluding hydrogens is 1940 g/mol. The summed E-state index contributed by atoms with van der Waals surface area (Å²) in [5.41, 5.74) is 27.3. The summed E-state index contributed by atoms with van der Waals surface area (Å²) in [4.78, 5) is 0.995. The number of hydrogen-bond acceptors (Lipinski definition) is 6. The van der Waals surface area contributed by atoms with E-state index in [9.17, 15) is 26.9 Å². The SMILES string of the molecule is O=S(=O)(c1ccc(-n2c3ccccc3c3cc(-c4ccc5c(c4)c4ccccc4n5-c4ccccc4)ccc32)cc1)c1ccc(-n2c3ccccc3c3cc(-c4ccc5c(c4)c4ccccc4n5-c4ccccc4)ccc32)cc1.O=S(=O)(c1ccc(-n2c3ccccc3c3cc(Br)ccc32)cc1)c1ccc(-n2c3ccccc3c3cc(Br)ccc32)cc1.OB(O)c1ccc2c(c1)c1ccccc1n2-c1ccccc1. The Kier molecular flexibility index (Phi) is 21.3. The summed E-state index contributed by atoms with van der Waals surface area (Å²) in [7, 11) is -9.04. The average molecular weight is 2020 g/mol. The minimum atomic E-state index is -3.86. The van der Waals surface area contributed by atoms with Crippen molar-refractivity contribution in [3.63, 3.8) is 0 Å². The average Bonchev–Trinajstić information content (AvgIpc) is 1.55. The van der Waals surface area contributed by atoms with E-state index in [0.717, 1.165) is 180 Å². The zero-order chi connectivity index (χ0) is 96.7.